The van der Waals surface area contributed by atoms with Gasteiger partial charge >= 0.3 is 0 Å². The van der Waals surface area contributed by atoms with Gasteiger partial charge in [0, 0.05) is 24.5 Å². The van der Waals surface area contributed by atoms with Gasteiger partial charge in [-0.1, -0.05) is 60.1 Å². The molecule has 0 radical (unpaired) electrons. The zero-order valence-electron chi connectivity index (χ0n) is 14.8. The predicted octanol–water partition coefficient (Wildman–Crippen LogP) is 3.96. The molecule has 4 nitrogen and oxygen atoms in total. The molecule has 0 unspecified atom stereocenters. The van der Waals surface area contributed by atoms with Crippen molar-refractivity contribution in [1.82, 2.24) is 10.2 Å². The van der Waals surface area contributed by atoms with Crippen molar-refractivity contribution in [1.29, 1.82) is 0 Å². The van der Waals surface area contributed by atoms with Crippen LogP contribution >= 0.6 is 11.6 Å². The van der Waals surface area contributed by atoms with Gasteiger partial charge in [-0.2, -0.15) is 0 Å². The van der Waals surface area contributed by atoms with Gasteiger partial charge in [-0.15, -0.1) is 0 Å². The number of carbonyl (C=O) groups is 2. The van der Waals surface area contributed by atoms with Crippen LogP contribution in [0, 0.1) is 5.92 Å². The number of hydrogen-bond donors (Lipinski definition) is 1. The van der Waals surface area contributed by atoms with E-state index in [1.54, 1.807) is 0 Å². The second-order valence-electron chi connectivity index (χ2n) is 6.49. The molecule has 2 aromatic rings. The molecule has 0 saturated carbocycles. The third kappa shape index (κ3) is 3.91. The number of halogens is 1. The first kappa shape index (κ1) is 18.5. The van der Waals surface area contributed by atoms with Crippen LogP contribution in [0.4, 0.5) is 0 Å². The average molecular weight is 371 g/mol. The molecule has 2 amide bonds. The molecule has 5 heteroatoms. The second kappa shape index (κ2) is 8.37. The summed E-state index contributed by atoms with van der Waals surface area (Å²) in [6.07, 6.45) is 0.963. The van der Waals surface area contributed by atoms with Crippen LogP contribution < -0.4 is 5.32 Å². The Morgan fingerprint density at radius 1 is 1.15 bits per heavy atom. The zero-order valence-corrected chi connectivity index (χ0v) is 15.6. The topological polar surface area (TPSA) is 49.4 Å². The molecule has 0 spiro atoms. The maximum Gasteiger partial charge on any atom is 0.225 e. The summed E-state index contributed by atoms with van der Waals surface area (Å²) in [5.74, 6) is -0.196. The number of nitrogens with one attached hydrogen (secondary N) is 1. The Balaban J connectivity index is 1.80. The van der Waals surface area contributed by atoms with E-state index in [-0.39, 0.29) is 23.8 Å². The fourth-order valence-corrected chi connectivity index (χ4v) is 3.82. The Morgan fingerprint density at radius 2 is 1.85 bits per heavy atom. The summed E-state index contributed by atoms with van der Waals surface area (Å²) in [4.78, 5) is 27.1. The van der Waals surface area contributed by atoms with Crippen molar-refractivity contribution in [3.8, 4) is 0 Å². The maximum atomic E-state index is 12.9. The monoisotopic (exact) mass is 370 g/mol. The molecule has 1 heterocycles. The van der Waals surface area contributed by atoms with Gasteiger partial charge in [0.1, 0.15) is 0 Å². The van der Waals surface area contributed by atoms with E-state index >= 15 is 0 Å². The van der Waals surface area contributed by atoms with Gasteiger partial charge < -0.3 is 10.2 Å². The van der Waals surface area contributed by atoms with Crippen LogP contribution in [0.3, 0.4) is 0 Å². The van der Waals surface area contributed by atoms with Gasteiger partial charge in [0.25, 0.3) is 0 Å². The summed E-state index contributed by atoms with van der Waals surface area (Å²) in [6, 6.07) is 17.1. The fraction of sp³-hybridized carbons (Fsp3) is 0.333. The molecule has 136 valence electrons. The highest BCUT2D eigenvalue weighted by Crippen LogP contribution is 2.36. The summed E-state index contributed by atoms with van der Waals surface area (Å²) in [6.45, 7) is 2.93. The molecule has 0 bridgehead atoms. The largest absolute Gasteiger partial charge is 0.352 e. The molecule has 0 aliphatic carbocycles. The number of hydrogen-bond acceptors (Lipinski definition) is 2. The van der Waals surface area contributed by atoms with E-state index in [0.717, 1.165) is 11.1 Å². The molecule has 0 aromatic heterocycles. The first-order chi connectivity index (χ1) is 12.6. The Bertz CT molecular complexity index is 779. The van der Waals surface area contributed by atoms with Crippen molar-refractivity contribution in [2.24, 2.45) is 5.92 Å². The van der Waals surface area contributed by atoms with Crippen LogP contribution in [0.5, 0.6) is 0 Å². The van der Waals surface area contributed by atoms with E-state index < -0.39 is 0 Å². The molecule has 1 aliphatic heterocycles. The molecule has 1 fully saturated rings. The molecule has 1 aliphatic rings. The number of piperidine rings is 1. The third-order valence-electron chi connectivity index (χ3n) is 4.94. The van der Waals surface area contributed by atoms with E-state index in [9.17, 15) is 9.59 Å². The normalized spacial score (nSPS) is 20.1. The standard InChI is InChI=1S/C21H23ClN2O2/c1-2-24-19(25)13-12-17(20(24)15-8-4-3-5-9-15)21(26)23-14-16-10-6-7-11-18(16)22/h3-11,17,20H,2,12-14H2,1H3,(H,23,26)/t17-,20+/m1/s1. The smallest absolute Gasteiger partial charge is 0.225 e. The molecule has 1 N–H and O–H groups in total. The number of amides is 2. The number of carbonyl (C=O) groups excluding carboxylic acids is 2. The number of rotatable bonds is 5. The Hall–Kier alpha value is -2.33. The van der Waals surface area contributed by atoms with Gasteiger partial charge in [-0.3, -0.25) is 9.59 Å². The Kier molecular flexibility index (Phi) is 5.94. The third-order valence-corrected chi connectivity index (χ3v) is 5.30. The zero-order chi connectivity index (χ0) is 18.5. The van der Waals surface area contributed by atoms with E-state index in [1.807, 2.05) is 66.4 Å². The summed E-state index contributed by atoms with van der Waals surface area (Å²) in [5.41, 5.74) is 1.89. The molecule has 3 rings (SSSR count). The van der Waals surface area contributed by atoms with Gasteiger partial charge in [0.05, 0.1) is 12.0 Å². The van der Waals surface area contributed by atoms with E-state index in [4.69, 9.17) is 11.6 Å². The van der Waals surface area contributed by atoms with E-state index in [2.05, 4.69) is 5.32 Å². The summed E-state index contributed by atoms with van der Waals surface area (Å²) in [5, 5.41) is 3.65. The van der Waals surface area contributed by atoms with E-state index in [1.165, 1.54) is 0 Å². The van der Waals surface area contributed by atoms with E-state index in [0.29, 0.717) is 31.0 Å². The van der Waals surface area contributed by atoms with Gasteiger partial charge in [0.2, 0.25) is 11.8 Å². The van der Waals surface area contributed by atoms with Crippen LogP contribution in [0.1, 0.15) is 36.9 Å². The molecule has 2 aromatic carbocycles. The lowest BCUT2D eigenvalue weighted by molar-refractivity contribution is -0.143. The highest BCUT2D eigenvalue weighted by atomic mass is 35.5. The first-order valence-corrected chi connectivity index (χ1v) is 9.35. The number of nitrogens with zero attached hydrogens (tertiary/aromatic N) is 1. The number of benzene rings is 2. The lowest BCUT2D eigenvalue weighted by atomic mass is 9.83. The van der Waals surface area contributed by atoms with Crippen LogP contribution in [0.15, 0.2) is 54.6 Å². The minimum Gasteiger partial charge on any atom is -0.352 e. The molecule has 26 heavy (non-hydrogen) atoms. The Morgan fingerprint density at radius 3 is 2.54 bits per heavy atom. The lowest BCUT2D eigenvalue weighted by Crippen LogP contribution is -2.47. The second-order valence-corrected chi connectivity index (χ2v) is 6.90. The highest BCUT2D eigenvalue weighted by Gasteiger charge is 2.39. The van der Waals surface area contributed by atoms with Crippen molar-refractivity contribution < 1.29 is 9.59 Å². The van der Waals surface area contributed by atoms with Crippen LogP contribution in [-0.2, 0) is 16.1 Å². The lowest BCUT2D eigenvalue weighted by Gasteiger charge is -2.40. The van der Waals surface area contributed by atoms with Crippen molar-refractivity contribution in [3.63, 3.8) is 0 Å². The summed E-state index contributed by atoms with van der Waals surface area (Å²) >= 11 is 6.18. The van der Waals surface area contributed by atoms with Crippen molar-refractivity contribution in [2.45, 2.75) is 32.4 Å². The van der Waals surface area contributed by atoms with Crippen LogP contribution in [0.25, 0.3) is 0 Å². The van der Waals surface area contributed by atoms with Crippen molar-refractivity contribution in [3.05, 3.63) is 70.7 Å². The molecule has 2 atom stereocenters. The van der Waals surface area contributed by atoms with Crippen LogP contribution in [-0.4, -0.2) is 23.3 Å². The molecule has 1 saturated heterocycles. The quantitative estimate of drug-likeness (QED) is 0.866. The molecular formula is C21H23ClN2O2. The van der Waals surface area contributed by atoms with Crippen molar-refractivity contribution in [2.75, 3.05) is 6.54 Å². The average Bonchev–Trinajstić information content (AvgIpc) is 2.67. The van der Waals surface area contributed by atoms with Crippen molar-refractivity contribution >= 4 is 23.4 Å². The first-order valence-electron chi connectivity index (χ1n) is 8.97. The SMILES string of the molecule is CCN1C(=O)CC[C@@H](C(=O)NCc2ccccc2Cl)[C@@H]1c1ccccc1. The minimum atomic E-state index is -0.266. The highest BCUT2D eigenvalue weighted by molar-refractivity contribution is 6.31. The summed E-state index contributed by atoms with van der Waals surface area (Å²) in [7, 11) is 0. The van der Waals surface area contributed by atoms with Gasteiger partial charge in [0.15, 0.2) is 0 Å². The fourth-order valence-electron chi connectivity index (χ4n) is 3.62. The minimum absolute atomic E-state index is 0.0373. The summed E-state index contributed by atoms with van der Waals surface area (Å²) < 4.78 is 0. The predicted molar refractivity (Wildman–Crippen MR) is 103 cm³/mol. The molecular weight excluding hydrogens is 348 g/mol. The number of likely N-dealkylation sites (tertiary alicyclic amines) is 1. The Labute approximate surface area is 159 Å². The van der Waals surface area contributed by atoms with Gasteiger partial charge in [-0.25, -0.2) is 0 Å². The van der Waals surface area contributed by atoms with Gasteiger partial charge in [-0.05, 0) is 30.5 Å². The van der Waals surface area contributed by atoms with Crippen LogP contribution in [0.2, 0.25) is 5.02 Å². The maximum absolute atomic E-state index is 12.9.